The summed E-state index contributed by atoms with van der Waals surface area (Å²) in [6.07, 6.45) is 4.82. The second-order valence-corrected chi connectivity index (χ2v) is 5.49. The quantitative estimate of drug-likeness (QED) is 0.485. The van der Waals surface area contributed by atoms with E-state index < -0.39 is 24.0 Å². The molecule has 0 heterocycles. The molecule has 0 aromatic heterocycles. The molecule has 0 spiro atoms. The van der Waals surface area contributed by atoms with Gasteiger partial charge in [-0.15, -0.1) is 0 Å². The highest BCUT2D eigenvalue weighted by atomic mass is 32.2. The van der Waals surface area contributed by atoms with Crippen molar-refractivity contribution in [3.05, 3.63) is 0 Å². The summed E-state index contributed by atoms with van der Waals surface area (Å²) < 4.78 is 4.62. The van der Waals surface area contributed by atoms with Crippen LogP contribution in [0.5, 0.6) is 0 Å². The van der Waals surface area contributed by atoms with Crippen LogP contribution in [0.2, 0.25) is 0 Å². The monoisotopic (exact) mass is 280 g/mol. The van der Waals surface area contributed by atoms with E-state index in [-0.39, 0.29) is 0 Å². The zero-order valence-electron chi connectivity index (χ0n) is 10.2. The molecule has 0 aromatic carbocycles. The van der Waals surface area contributed by atoms with Gasteiger partial charge in [0.15, 0.2) is 0 Å². The SMILES string of the molecule is CSCC[C@H](N)C(=O)OC(=O)[C@@H](N)CCSC. The van der Waals surface area contributed by atoms with E-state index in [9.17, 15) is 9.59 Å². The number of rotatable bonds is 8. The lowest BCUT2D eigenvalue weighted by atomic mass is 10.2. The number of carbonyl (C=O) groups is 2. The van der Waals surface area contributed by atoms with E-state index in [1.807, 2.05) is 12.5 Å². The van der Waals surface area contributed by atoms with Gasteiger partial charge in [-0.1, -0.05) is 0 Å². The van der Waals surface area contributed by atoms with Crippen molar-refractivity contribution in [2.45, 2.75) is 24.9 Å². The second-order valence-electron chi connectivity index (χ2n) is 3.52. The maximum absolute atomic E-state index is 11.4. The average molecular weight is 280 g/mol. The van der Waals surface area contributed by atoms with Gasteiger partial charge in [0.2, 0.25) is 0 Å². The van der Waals surface area contributed by atoms with E-state index in [1.54, 1.807) is 23.5 Å². The van der Waals surface area contributed by atoms with Crippen LogP contribution in [0, 0.1) is 0 Å². The van der Waals surface area contributed by atoms with Crippen molar-refractivity contribution in [2.75, 3.05) is 24.0 Å². The molecule has 2 atom stereocenters. The second kappa shape index (κ2) is 9.76. The molecule has 0 aliphatic heterocycles. The predicted octanol–water partition coefficient (Wildman–Crippen LogP) is 0.217. The first-order valence-corrected chi connectivity index (χ1v) is 8.06. The van der Waals surface area contributed by atoms with Crippen molar-refractivity contribution < 1.29 is 14.3 Å². The minimum atomic E-state index is -0.751. The summed E-state index contributed by atoms with van der Waals surface area (Å²) in [4.78, 5) is 22.8. The summed E-state index contributed by atoms with van der Waals surface area (Å²) in [5.41, 5.74) is 11.1. The molecular formula is C10H20N2O3S2. The van der Waals surface area contributed by atoms with Gasteiger partial charge in [-0.25, -0.2) is 9.59 Å². The van der Waals surface area contributed by atoms with E-state index in [4.69, 9.17) is 11.5 Å². The standard InChI is InChI=1S/C10H20N2O3S2/c1-16-5-3-7(11)9(13)15-10(14)8(12)4-6-17-2/h7-8H,3-6,11-12H2,1-2H3/t7-,8-/m0/s1. The van der Waals surface area contributed by atoms with Crippen molar-refractivity contribution in [3.63, 3.8) is 0 Å². The highest BCUT2D eigenvalue weighted by Crippen LogP contribution is 2.03. The normalized spacial score (nSPS) is 14.1. The van der Waals surface area contributed by atoms with Crippen molar-refractivity contribution in [1.29, 1.82) is 0 Å². The van der Waals surface area contributed by atoms with Crippen molar-refractivity contribution in [3.8, 4) is 0 Å². The molecule has 100 valence electrons. The molecule has 0 aromatic rings. The molecule has 17 heavy (non-hydrogen) atoms. The first kappa shape index (κ1) is 16.8. The van der Waals surface area contributed by atoms with E-state index in [0.717, 1.165) is 11.5 Å². The topological polar surface area (TPSA) is 95.4 Å². The first-order chi connectivity index (χ1) is 8.02. The molecule has 7 heteroatoms. The number of carbonyl (C=O) groups excluding carboxylic acids is 2. The van der Waals surface area contributed by atoms with Gasteiger partial charge in [0.05, 0.1) is 0 Å². The van der Waals surface area contributed by atoms with Crippen LogP contribution in [0.1, 0.15) is 12.8 Å². The Morgan fingerprint density at radius 2 is 1.35 bits per heavy atom. The number of nitrogens with two attached hydrogens (primary N) is 2. The summed E-state index contributed by atoms with van der Waals surface area (Å²) in [5, 5.41) is 0. The fraction of sp³-hybridized carbons (Fsp3) is 0.800. The van der Waals surface area contributed by atoms with Crippen molar-refractivity contribution in [2.24, 2.45) is 11.5 Å². The summed E-state index contributed by atoms with van der Waals surface area (Å²) in [5.74, 6) is 0.124. The first-order valence-electron chi connectivity index (χ1n) is 5.27. The van der Waals surface area contributed by atoms with E-state index in [1.165, 1.54) is 0 Å². The Labute approximate surface area is 110 Å². The van der Waals surface area contributed by atoms with Gasteiger partial charge < -0.3 is 16.2 Å². The van der Waals surface area contributed by atoms with Crippen LogP contribution in [0.15, 0.2) is 0 Å². The van der Waals surface area contributed by atoms with Crippen LogP contribution in [0.4, 0.5) is 0 Å². The van der Waals surface area contributed by atoms with E-state index >= 15 is 0 Å². The van der Waals surface area contributed by atoms with Crippen LogP contribution in [0.3, 0.4) is 0 Å². The van der Waals surface area contributed by atoms with Gasteiger partial charge in [-0.2, -0.15) is 23.5 Å². The van der Waals surface area contributed by atoms with Crippen molar-refractivity contribution in [1.82, 2.24) is 0 Å². The lowest BCUT2D eigenvalue weighted by Gasteiger charge is -2.12. The number of hydrogen-bond acceptors (Lipinski definition) is 7. The highest BCUT2D eigenvalue weighted by molar-refractivity contribution is 7.98. The molecule has 5 nitrogen and oxygen atoms in total. The van der Waals surface area contributed by atoms with Gasteiger partial charge in [-0.3, -0.25) is 0 Å². The van der Waals surface area contributed by atoms with Crippen LogP contribution < -0.4 is 11.5 Å². The lowest BCUT2D eigenvalue weighted by Crippen LogP contribution is -2.40. The Kier molecular flexibility index (Phi) is 9.62. The number of esters is 2. The molecule has 0 aliphatic carbocycles. The fourth-order valence-corrected chi connectivity index (χ4v) is 1.96. The van der Waals surface area contributed by atoms with Gasteiger partial charge in [0.1, 0.15) is 12.1 Å². The maximum Gasteiger partial charge on any atom is 0.330 e. The molecule has 0 aliphatic rings. The predicted molar refractivity (Wildman–Crippen MR) is 73.0 cm³/mol. The summed E-state index contributed by atoms with van der Waals surface area (Å²) >= 11 is 3.17. The average Bonchev–Trinajstić information content (AvgIpc) is 2.32. The van der Waals surface area contributed by atoms with E-state index in [2.05, 4.69) is 4.74 Å². The third-order valence-corrected chi connectivity index (χ3v) is 3.36. The van der Waals surface area contributed by atoms with Gasteiger partial charge >= 0.3 is 11.9 Å². The maximum atomic E-state index is 11.4. The lowest BCUT2D eigenvalue weighted by molar-refractivity contribution is -0.161. The zero-order chi connectivity index (χ0) is 13.3. The molecule has 0 rings (SSSR count). The third kappa shape index (κ3) is 7.64. The Morgan fingerprint density at radius 1 is 1.00 bits per heavy atom. The number of thioether (sulfide) groups is 2. The van der Waals surface area contributed by atoms with Crippen LogP contribution in [-0.2, 0) is 14.3 Å². The third-order valence-electron chi connectivity index (χ3n) is 2.07. The van der Waals surface area contributed by atoms with Gasteiger partial charge in [0.25, 0.3) is 0 Å². The number of hydrogen-bond donors (Lipinski definition) is 2. The Balaban J connectivity index is 3.97. The summed E-state index contributed by atoms with van der Waals surface area (Å²) in [7, 11) is 0. The molecule has 4 N–H and O–H groups in total. The highest BCUT2D eigenvalue weighted by Gasteiger charge is 2.22. The van der Waals surface area contributed by atoms with Gasteiger partial charge in [0, 0.05) is 0 Å². The largest absolute Gasteiger partial charge is 0.391 e. The minimum absolute atomic E-state index is 0.493. The smallest absolute Gasteiger partial charge is 0.330 e. The molecule has 0 amide bonds. The minimum Gasteiger partial charge on any atom is -0.391 e. The molecule has 0 saturated carbocycles. The van der Waals surface area contributed by atoms with Crippen LogP contribution >= 0.6 is 23.5 Å². The zero-order valence-corrected chi connectivity index (χ0v) is 11.8. The molecule has 0 fully saturated rings. The fourth-order valence-electron chi connectivity index (χ4n) is 0.976. The Hall–Kier alpha value is -0.240. The van der Waals surface area contributed by atoms with Gasteiger partial charge in [-0.05, 0) is 36.9 Å². The van der Waals surface area contributed by atoms with Crippen molar-refractivity contribution >= 4 is 35.5 Å². The molecular weight excluding hydrogens is 260 g/mol. The Bertz CT molecular complexity index is 228. The summed E-state index contributed by atoms with van der Waals surface area (Å²) in [6.45, 7) is 0. The van der Waals surface area contributed by atoms with Crippen LogP contribution in [0.25, 0.3) is 0 Å². The molecule has 0 saturated heterocycles. The van der Waals surface area contributed by atoms with E-state index in [0.29, 0.717) is 12.8 Å². The Morgan fingerprint density at radius 3 is 1.65 bits per heavy atom. The molecule has 0 radical (unpaired) electrons. The molecule has 0 unspecified atom stereocenters. The van der Waals surface area contributed by atoms with Crippen LogP contribution in [-0.4, -0.2) is 48.0 Å². The number of ether oxygens (including phenoxy) is 1. The summed E-state index contributed by atoms with van der Waals surface area (Å²) in [6, 6.07) is -1.50. The molecule has 0 bridgehead atoms.